The van der Waals surface area contributed by atoms with E-state index < -0.39 is 35.2 Å². The molecule has 2 fully saturated rings. The molecule has 3 aromatic heterocycles. The third-order valence-corrected chi connectivity index (χ3v) is 8.25. The SMILES string of the molecule is Cc1[nH]ncc1-c1cc2nc([C@@H]3[C@H]4C[C@](C(C)(C)C)(C[C@@H]4F)N3C(=O)O)[nH]c(=O)c2s1. The highest BCUT2D eigenvalue weighted by Gasteiger charge is 2.67. The smallest absolute Gasteiger partial charge is 0.408 e. The number of hydrogen-bond donors (Lipinski definition) is 3. The van der Waals surface area contributed by atoms with Gasteiger partial charge in [-0.05, 0) is 24.8 Å². The largest absolute Gasteiger partial charge is 0.465 e. The van der Waals surface area contributed by atoms with Crippen molar-refractivity contribution in [2.24, 2.45) is 11.3 Å². The predicted molar refractivity (Wildman–Crippen MR) is 115 cm³/mol. The first kappa shape index (κ1) is 20.2. The third kappa shape index (κ3) is 2.70. The number of amides is 1. The van der Waals surface area contributed by atoms with E-state index in [0.717, 1.165) is 16.1 Å². The van der Waals surface area contributed by atoms with Crippen molar-refractivity contribution in [3.63, 3.8) is 0 Å². The van der Waals surface area contributed by atoms with Crippen LogP contribution in [0.15, 0.2) is 17.1 Å². The van der Waals surface area contributed by atoms with E-state index in [1.807, 2.05) is 27.7 Å². The van der Waals surface area contributed by atoms with E-state index in [9.17, 15) is 14.7 Å². The second-order valence-electron chi connectivity index (χ2n) is 9.65. The fraction of sp³-hybridized carbons (Fsp3) is 0.524. The van der Waals surface area contributed by atoms with Crippen LogP contribution < -0.4 is 5.56 Å². The zero-order chi connectivity index (χ0) is 22.3. The number of carboxylic acid groups (broad SMARTS) is 1. The zero-order valence-corrected chi connectivity index (χ0v) is 18.5. The zero-order valence-electron chi connectivity index (χ0n) is 17.7. The fourth-order valence-electron chi connectivity index (χ4n) is 5.47. The maximum Gasteiger partial charge on any atom is 0.408 e. The van der Waals surface area contributed by atoms with Gasteiger partial charge in [0.25, 0.3) is 5.56 Å². The topological polar surface area (TPSA) is 115 Å². The van der Waals surface area contributed by atoms with Crippen molar-refractivity contribution in [3.05, 3.63) is 34.1 Å². The van der Waals surface area contributed by atoms with Gasteiger partial charge < -0.3 is 10.1 Å². The number of aromatic amines is 2. The van der Waals surface area contributed by atoms with Gasteiger partial charge in [-0.3, -0.25) is 14.8 Å². The number of piperidine rings is 1. The summed E-state index contributed by atoms with van der Waals surface area (Å²) in [6.45, 7) is 7.72. The number of hydrogen-bond acceptors (Lipinski definition) is 5. The summed E-state index contributed by atoms with van der Waals surface area (Å²) in [6, 6.07) is 0.984. The summed E-state index contributed by atoms with van der Waals surface area (Å²) in [5.74, 6) is -0.322. The summed E-state index contributed by atoms with van der Waals surface area (Å²) in [6.07, 6.45) is 0.0144. The predicted octanol–water partition coefficient (Wildman–Crippen LogP) is 4.25. The van der Waals surface area contributed by atoms with Crippen molar-refractivity contribution in [3.8, 4) is 10.4 Å². The van der Waals surface area contributed by atoms with Crippen LogP contribution in [0.4, 0.5) is 9.18 Å². The Morgan fingerprint density at radius 2 is 2.13 bits per heavy atom. The molecule has 3 aromatic rings. The van der Waals surface area contributed by atoms with Gasteiger partial charge in [0, 0.05) is 28.5 Å². The van der Waals surface area contributed by atoms with Crippen molar-refractivity contribution >= 4 is 27.6 Å². The molecule has 0 spiro atoms. The number of H-pyrrole nitrogens is 2. The Kier molecular flexibility index (Phi) is 4.15. The summed E-state index contributed by atoms with van der Waals surface area (Å²) in [5, 5.41) is 17.0. The highest BCUT2D eigenvalue weighted by molar-refractivity contribution is 7.22. The van der Waals surface area contributed by atoms with Crippen LogP contribution in [0.2, 0.25) is 0 Å². The second-order valence-corrected chi connectivity index (χ2v) is 10.7. The van der Waals surface area contributed by atoms with E-state index in [1.165, 1.54) is 16.2 Å². The van der Waals surface area contributed by atoms with Gasteiger partial charge in [0.2, 0.25) is 0 Å². The molecule has 3 N–H and O–H groups in total. The first-order valence-corrected chi connectivity index (χ1v) is 11.1. The molecule has 1 amide bonds. The molecule has 2 aliphatic rings. The number of likely N-dealkylation sites (tertiary alicyclic amines) is 1. The lowest BCUT2D eigenvalue weighted by Gasteiger charge is -2.49. The van der Waals surface area contributed by atoms with E-state index in [0.29, 0.717) is 16.6 Å². The van der Waals surface area contributed by atoms with Gasteiger partial charge in [0.1, 0.15) is 16.7 Å². The average Bonchev–Trinajstić information content (AvgIpc) is 3.40. The van der Waals surface area contributed by atoms with E-state index in [-0.39, 0.29) is 17.8 Å². The maximum absolute atomic E-state index is 15.1. The molecule has 0 unspecified atom stereocenters. The molecule has 31 heavy (non-hydrogen) atoms. The van der Waals surface area contributed by atoms with Gasteiger partial charge in [-0.15, -0.1) is 11.3 Å². The number of aryl methyl sites for hydroxylation is 1. The normalized spacial score (nSPS) is 28.0. The Hall–Kier alpha value is -2.75. The minimum absolute atomic E-state index is 0.165. The van der Waals surface area contributed by atoms with Crippen molar-refractivity contribution in [2.75, 3.05) is 0 Å². The molecule has 164 valence electrons. The molecule has 1 aliphatic heterocycles. The summed E-state index contributed by atoms with van der Waals surface area (Å²) in [7, 11) is 0. The number of nitrogens with zero attached hydrogens (tertiary/aromatic N) is 3. The second kappa shape index (κ2) is 6.38. The Morgan fingerprint density at radius 3 is 2.74 bits per heavy atom. The molecule has 10 heteroatoms. The van der Waals surface area contributed by atoms with E-state index in [4.69, 9.17) is 0 Å². The standard InChI is InChI=1S/C21H24FN5O3S/c1-9-11(8-23-26-9)14-5-13-16(31-14)18(28)25-17(24-13)15-10-6-21(7-12(10)22,20(2,3)4)27(15)19(29)30/h5,8,10,12,15H,6-7H2,1-4H3,(H,23,26)(H,29,30)(H,24,25,28)/t10-,12-,15-,21+/m0/s1. The molecule has 8 nitrogen and oxygen atoms in total. The highest BCUT2D eigenvalue weighted by Crippen LogP contribution is 2.62. The number of halogens is 1. The number of carbonyl (C=O) groups is 1. The monoisotopic (exact) mass is 445 g/mol. The van der Waals surface area contributed by atoms with Crippen LogP contribution in [0.25, 0.3) is 20.7 Å². The fourth-order valence-corrected chi connectivity index (χ4v) is 6.53. The van der Waals surface area contributed by atoms with Crippen LogP contribution >= 0.6 is 11.3 Å². The molecular formula is C21H24FN5O3S. The lowest BCUT2D eigenvalue weighted by atomic mass is 9.72. The molecule has 1 saturated heterocycles. The van der Waals surface area contributed by atoms with Crippen LogP contribution in [0.3, 0.4) is 0 Å². The van der Waals surface area contributed by atoms with Crippen LogP contribution in [-0.4, -0.2) is 48.0 Å². The first-order valence-electron chi connectivity index (χ1n) is 10.2. The molecule has 2 bridgehead atoms. The summed E-state index contributed by atoms with van der Waals surface area (Å²) in [4.78, 5) is 34.8. The summed E-state index contributed by atoms with van der Waals surface area (Å²) < 4.78 is 15.5. The molecule has 1 aliphatic carbocycles. The third-order valence-electron chi connectivity index (χ3n) is 7.09. The van der Waals surface area contributed by atoms with Gasteiger partial charge in [-0.25, -0.2) is 14.2 Å². The van der Waals surface area contributed by atoms with Crippen LogP contribution in [0, 0.1) is 18.3 Å². The van der Waals surface area contributed by atoms with Gasteiger partial charge in [0.15, 0.2) is 0 Å². The Balaban J connectivity index is 1.66. The van der Waals surface area contributed by atoms with Crippen LogP contribution in [0.1, 0.15) is 51.2 Å². The summed E-state index contributed by atoms with van der Waals surface area (Å²) >= 11 is 1.30. The van der Waals surface area contributed by atoms with Crippen LogP contribution in [0.5, 0.6) is 0 Å². The molecule has 4 heterocycles. The average molecular weight is 446 g/mol. The molecule has 5 rings (SSSR count). The lowest BCUT2D eigenvalue weighted by Crippen LogP contribution is -2.58. The molecule has 1 saturated carbocycles. The van der Waals surface area contributed by atoms with Crippen LogP contribution in [-0.2, 0) is 0 Å². The molecule has 0 aromatic carbocycles. The Labute approximate surface area is 181 Å². The van der Waals surface area contributed by atoms with Crippen molar-refractivity contribution in [2.45, 2.75) is 58.3 Å². The lowest BCUT2D eigenvalue weighted by molar-refractivity contribution is -0.0239. The quantitative estimate of drug-likeness (QED) is 0.545. The minimum atomic E-state index is -1.15. The van der Waals surface area contributed by atoms with E-state index in [2.05, 4.69) is 20.2 Å². The molecule has 4 atom stereocenters. The number of fused-ring (bicyclic) bond motifs is 3. The minimum Gasteiger partial charge on any atom is -0.465 e. The summed E-state index contributed by atoms with van der Waals surface area (Å²) in [5.41, 5.74) is 0.595. The van der Waals surface area contributed by atoms with Gasteiger partial charge in [-0.1, -0.05) is 20.8 Å². The molecular weight excluding hydrogens is 421 g/mol. The Morgan fingerprint density at radius 1 is 1.39 bits per heavy atom. The molecule has 0 radical (unpaired) electrons. The number of nitrogens with one attached hydrogen (secondary N) is 2. The Bertz CT molecular complexity index is 1260. The van der Waals surface area contributed by atoms with Crippen molar-refractivity contribution in [1.29, 1.82) is 0 Å². The number of aromatic nitrogens is 4. The van der Waals surface area contributed by atoms with E-state index >= 15 is 4.39 Å². The van der Waals surface area contributed by atoms with Crippen molar-refractivity contribution in [1.82, 2.24) is 25.1 Å². The number of alkyl halides is 1. The van der Waals surface area contributed by atoms with Gasteiger partial charge in [0.05, 0.1) is 23.3 Å². The maximum atomic E-state index is 15.1. The highest BCUT2D eigenvalue weighted by atomic mass is 32.1. The van der Waals surface area contributed by atoms with Crippen molar-refractivity contribution < 1.29 is 14.3 Å². The van der Waals surface area contributed by atoms with E-state index in [1.54, 1.807) is 12.3 Å². The first-order chi connectivity index (χ1) is 14.5. The number of thiophene rings is 1. The van der Waals surface area contributed by atoms with Gasteiger partial charge >= 0.3 is 6.09 Å². The number of rotatable bonds is 2. The van der Waals surface area contributed by atoms with Gasteiger partial charge in [-0.2, -0.15) is 5.10 Å².